The monoisotopic (exact) mass is 365 g/mol. The van der Waals surface area contributed by atoms with Crippen LogP contribution in [0, 0.1) is 33.8 Å². The van der Waals surface area contributed by atoms with E-state index in [9.17, 15) is 18.5 Å². The van der Waals surface area contributed by atoms with Gasteiger partial charge in [0.25, 0.3) is 5.69 Å². The lowest BCUT2D eigenvalue weighted by molar-refractivity contribution is -0.387. The SMILES string of the molecule is NC1(CNS(=O)(=O)c2ccccc2[N+](=O)[O-])C2CC3CC(C2)CC1C3. The van der Waals surface area contributed by atoms with Crippen molar-refractivity contribution >= 4 is 15.7 Å². The van der Waals surface area contributed by atoms with Crippen molar-refractivity contribution in [2.24, 2.45) is 29.4 Å². The van der Waals surface area contributed by atoms with Gasteiger partial charge in [-0.05, 0) is 61.8 Å². The predicted molar refractivity (Wildman–Crippen MR) is 92.2 cm³/mol. The van der Waals surface area contributed by atoms with Gasteiger partial charge in [-0.15, -0.1) is 0 Å². The maximum atomic E-state index is 12.7. The number of nitrogens with one attached hydrogen (secondary N) is 1. The largest absolute Gasteiger partial charge is 0.324 e. The molecule has 4 bridgehead atoms. The molecule has 5 rings (SSSR count). The Kier molecular flexibility index (Phi) is 3.90. The molecule has 0 unspecified atom stereocenters. The van der Waals surface area contributed by atoms with Crippen LogP contribution < -0.4 is 10.5 Å². The summed E-state index contributed by atoms with van der Waals surface area (Å²) < 4.78 is 27.9. The number of benzene rings is 1. The van der Waals surface area contributed by atoms with Gasteiger partial charge in [0.15, 0.2) is 4.90 Å². The van der Waals surface area contributed by atoms with Gasteiger partial charge in [0, 0.05) is 18.2 Å². The number of nitrogens with two attached hydrogens (primary N) is 1. The third kappa shape index (κ3) is 2.76. The molecule has 0 spiro atoms. The van der Waals surface area contributed by atoms with Gasteiger partial charge in [-0.1, -0.05) is 12.1 Å². The molecule has 136 valence electrons. The van der Waals surface area contributed by atoms with Crippen molar-refractivity contribution in [3.05, 3.63) is 34.4 Å². The standard InChI is InChI=1S/C17H23N3O4S/c18-17(13-6-11-5-12(8-13)9-14(17)7-11)10-19-25(23,24)16-4-2-1-3-15(16)20(21)22/h1-4,11-14,19H,5-10,18H2. The summed E-state index contributed by atoms with van der Waals surface area (Å²) in [6.07, 6.45) is 5.62. The molecule has 0 saturated heterocycles. The fraction of sp³-hybridized carbons (Fsp3) is 0.647. The van der Waals surface area contributed by atoms with Crippen LogP contribution in [0.3, 0.4) is 0 Å². The third-order valence-electron chi connectivity index (χ3n) is 6.58. The molecule has 4 aliphatic carbocycles. The average Bonchev–Trinajstić information content (AvgIpc) is 2.57. The van der Waals surface area contributed by atoms with Crippen LogP contribution in [0.2, 0.25) is 0 Å². The number of nitro benzene ring substituents is 1. The number of nitro groups is 1. The Morgan fingerprint density at radius 2 is 1.68 bits per heavy atom. The minimum absolute atomic E-state index is 0.149. The zero-order chi connectivity index (χ0) is 17.8. The molecule has 1 aromatic rings. The van der Waals surface area contributed by atoms with Crippen LogP contribution in [0.4, 0.5) is 5.69 Å². The number of nitrogens with zero attached hydrogens (tertiary/aromatic N) is 1. The summed E-state index contributed by atoms with van der Waals surface area (Å²) in [5, 5.41) is 11.1. The van der Waals surface area contributed by atoms with Crippen molar-refractivity contribution in [2.75, 3.05) is 6.54 Å². The molecule has 7 nitrogen and oxygen atoms in total. The third-order valence-corrected chi connectivity index (χ3v) is 8.03. The van der Waals surface area contributed by atoms with Gasteiger partial charge in [0.05, 0.1) is 4.92 Å². The molecule has 0 atom stereocenters. The first-order valence-electron chi connectivity index (χ1n) is 8.81. The van der Waals surface area contributed by atoms with Crippen molar-refractivity contribution in [1.29, 1.82) is 0 Å². The highest BCUT2D eigenvalue weighted by Gasteiger charge is 2.55. The molecule has 0 heterocycles. The Balaban J connectivity index is 1.56. The molecule has 1 aromatic carbocycles. The van der Waals surface area contributed by atoms with Gasteiger partial charge in [0.2, 0.25) is 10.0 Å². The summed E-state index contributed by atoms with van der Waals surface area (Å²) in [4.78, 5) is 10.2. The van der Waals surface area contributed by atoms with Crippen LogP contribution in [0.5, 0.6) is 0 Å². The van der Waals surface area contributed by atoms with Crippen molar-refractivity contribution in [2.45, 2.75) is 42.5 Å². The molecule has 25 heavy (non-hydrogen) atoms. The van der Waals surface area contributed by atoms with E-state index in [1.807, 2.05) is 0 Å². The maximum Gasteiger partial charge on any atom is 0.289 e. The van der Waals surface area contributed by atoms with E-state index < -0.39 is 26.2 Å². The Labute approximate surface area is 147 Å². The van der Waals surface area contributed by atoms with Crippen LogP contribution in [-0.4, -0.2) is 25.4 Å². The minimum atomic E-state index is -3.98. The average molecular weight is 365 g/mol. The lowest BCUT2D eigenvalue weighted by atomic mass is 9.49. The summed E-state index contributed by atoms with van der Waals surface area (Å²) in [6.45, 7) is 0.149. The van der Waals surface area contributed by atoms with Gasteiger partial charge in [0.1, 0.15) is 0 Å². The molecule has 0 aliphatic heterocycles. The van der Waals surface area contributed by atoms with E-state index in [0.717, 1.165) is 37.5 Å². The molecule has 0 radical (unpaired) electrons. The molecule has 3 N–H and O–H groups in total. The second kappa shape index (κ2) is 5.75. The van der Waals surface area contributed by atoms with Crippen LogP contribution in [0.15, 0.2) is 29.2 Å². The zero-order valence-electron chi connectivity index (χ0n) is 13.9. The highest BCUT2D eigenvalue weighted by atomic mass is 32.2. The van der Waals surface area contributed by atoms with Gasteiger partial charge in [-0.2, -0.15) is 0 Å². The lowest BCUT2D eigenvalue weighted by Gasteiger charge is -2.59. The second-order valence-electron chi connectivity index (χ2n) is 7.97. The Morgan fingerprint density at radius 1 is 1.12 bits per heavy atom. The number of sulfonamides is 1. The van der Waals surface area contributed by atoms with Crippen LogP contribution in [0.1, 0.15) is 32.1 Å². The molecular formula is C17H23N3O4S. The van der Waals surface area contributed by atoms with Crippen molar-refractivity contribution in [1.82, 2.24) is 4.72 Å². The Morgan fingerprint density at radius 3 is 2.24 bits per heavy atom. The van der Waals surface area contributed by atoms with Crippen LogP contribution in [-0.2, 0) is 10.0 Å². The molecule has 4 aliphatic rings. The first-order chi connectivity index (χ1) is 11.8. The Hall–Kier alpha value is -1.51. The number of hydrogen-bond acceptors (Lipinski definition) is 5. The molecule has 8 heteroatoms. The molecule has 0 amide bonds. The van der Waals surface area contributed by atoms with E-state index in [2.05, 4.69) is 4.72 Å². The Bertz CT molecular complexity index is 780. The van der Waals surface area contributed by atoms with Gasteiger partial charge < -0.3 is 5.73 Å². The molecule has 4 saturated carbocycles. The fourth-order valence-corrected chi connectivity index (χ4v) is 6.75. The smallest absolute Gasteiger partial charge is 0.289 e. The number of rotatable bonds is 5. The second-order valence-corrected chi connectivity index (χ2v) is 9.70. The lowest BCUT2D eigenvalue weighted by Crippen LogP contribution is -2.67. The van der Waals surface area contributed by atoms with E-state index in [-0.39, 0.29) is 11.4 Å². The summed E-state index contributed by atoms with van der Waals surface area (Å²) in [5.41, 5.74) is 5.77. The number of hydrogen-bond donors (Lipinski definition) is 2. The zero-order valence-corrected chi connectivity index (χ0v) is 14.7. The fourth-order valence-electron chi connectivity index (χ4n) is 5.48. The quantitative estimate of drug-likeness (QED) is 0.612. The number of para-hydroxylation sites is 1. The van der Waals surface area contributed by atoms with E-state index in [1.165, 1.54) is 30.7 Å². The molecule has 0 aromatic heterocycles. The topological polar surface area (TPSA) is 115 Å². The van der Waals surface area contributed by atoms with Gasteiger partial charge in [-0.3, -0.25) is 10.1 Å². The normalized spacial score (nSPS) is 36.5. The van der Waals surface area contributed by atoms with Crippen molar-refractivity contribution in [3.8, 4) is 0 Å². The maximum absolute atomic E-state index is 12.7. The highest BCUT2D eigenvalue weighted by Crippen LogP contribution is 2.57. The molecule has 4 fully saturated rings. The first kappa shape index (κ1) is 16.9. The highest BCUT2D eigenvalue weighted by molar-refractivity contribution is 7.89. The predicted octanol–water partition coefficient (Wildman–Crippen LogP) is 2.03. The van der Waals surface area contributed by atoms with E-state index in [1.54, 1.807) is 0 Å². The minimum Gasteiger partial charge on any atom is -0.324 e. The summed E-state index contributed by atoms with van der Waals surface area (Å²) >= 11 is 0. The molecular weight excluding hydrogens is 342 g/mol. The van der Waals surface area contributed by atoms with Crippen molar-refractivity contribution in [3.63, 3.8) is 0 Å². The first-order valence-corrected chi connectivity index (χ1v) is 10.3. The van der Waals surface area contributed by atoms with Gasteiger partial charge in [-0.25, -0.2) is 13.1 Å². The van der Waals surface area contributed by atoms with E-state index >= 15 is 0 Å². The summed E-state index contributed by atoms with van der Waals surface area (Å²) in [5.74, 6) is 2.17. The summed E-state index contributed by atoms with van der Waals surface area (Å²) in [7, 11) is -3.98. The summed E-state index contributed by atoms with van der Waals surface area (Å²) in [6, 6.07) is 5.41. The van der Waals surface area contributed by atoms with Crippen LogP contribution >= 0.6 is 0 Å². The van der Waals surface area contributed by atoms with Crippen molar-refractivity contribution < 1.29 is 13.3 Å². The van der Waals surface area contributed by atoms with Gasteiger partial charge >= 0.3 is 0 Å². The van der Waals surface area contributed by atoms with Crippen LogP contribution in [0.25, 0.3) is 0 Å². The van der Waals surface area contributed by atoms with E-state index in [4.69, 9.17) is 5.73 Å². The van der Waals surface area contributed by atoms with E-state index in [0.29, 0.717) is 11.8 Å².